The molecule has 0 aliphatic carbocycles. The number of nitrogens with zero attached hydrogens (tertiary/aromatic N) is 1. The Morgan fingerprint density at radius 2 is 1.95 bits per heavy atom. The van der Waals surface area contributed by atoms with Crippen molar-refractivity contribution in [1.82, 2.24) is 15.0 Å². The molecule has 0 saturated carbocycles. The van der Waals surface area contributed by atoms with E-state index >= 15 is 0 Å². The van der Waals surface area contributed by atoms with E-state index in [2.05, 4.69) is 15.0 Å². The molecule has 114 valence electrons. The van der Waals surface area contributed by atoms with Gasteiger partial charge in [-0.1, -0.05) is 30.0 Å². The predicted octanol–water partition coefficient (Wildman–Crippen LogP) is 2.08. The fourth-order valence-corrected chi connectivity index (χ4v) is 3.93. The molecule has 0 spiro atoms. The van der Waals surface area contributed by atoms with Crippen LogP contribution >= 0.6 is 19.4 Å². The zero-order valence-corrected chi connectivity index (χ0v) is 12.9. The largest absolute Gasteiger partial charge is 0.354 e. The fourth-order valence-electron chi connectivity index (χ4n) is 2.08. The van der Waals surface area contributed by atoms with Crippen LogP contribution in [-0.2, 0) is 10.7 Å². The summed E-state index contributed by atoms with van der Waals surface area (Å²) in [6.45, 7) is 0. The van der Waals surface area contributed by atoms with Crippen LogP contribution in [0.3, 0.4) is 0 Å². The lowest BCUT2D eigenvalue weighted by atomic mass is 10.2. The average Bonchev–Trinajstić information content (AvgIpc) is 2.84. The third kappa shape index (κ3) is 3.15. The lowest BCUT2D eigenvalue weighted by Crippen LogP contribution is -2.05. The van der Waals surface area contributed by atoms with Gasteiger partial charge in [0.05, 0.1) is 17.4 Å². The first-order chi connectivity index (χ1) is 10.4. The summed E-state index contributed by atoms with van der Waals surface area (Å²) >= 11 is 1.31. The van der Waals surface area contributed by atoms with Gasteiger partial charge in [0.25, 0.3) is 5.56 Å². The summed E-state index contributed by atoms with van der Waals surface area (Å²) in [6, 6.07) is 6.98. The van der Waals surface area contributed by atoms with Crippen LogP contribution in [0.1, 0.15) is 5.56 Å². The molecular weight excluding hydrogens is 325 g/mol. The number of fused-ring (bicyclic) bond motifs is 1. The summed E-state index contributed by atoms with van der Waals surface area (Å²) in [7, 11) is -4.15. The Bertz CT molecular complexity index is 930. The van der Waals surface area contributed by atoms with Crippen LogP contribution in [0.4, 0.5) is 0 Å². The maximum Gasteiger partial charge on any atom is 0.329 e. The van der Waals surface area contributed by atoms with Gasteiger partial charge in [0.1, 0.15) is 11.0 Å². The smallest absolute Gasteiger partial charge is 0.329 e. The molecule has 0 fully saturated rings. The third-order valence-corrected chi connectivity index (χ3v) is 4.90. The number of nitrogens with one attached hydrogen (secondary N) is 2. The second kappa shape index (κ2) is 5.73. The van der Waals surface area contributed by atoms with E-state index in [0.717, 1.165) is 4.90 Å². The summed E-state index contributed by atoms with van der Waals surface area (Å²) in [5, 5.41) is 0. The van der Waals surface area contributed by atoms with Gasteiger partial charge in [-0.2, -0.15) is 0 Å². The van der Waals surface area contributed by atoms with E-state index in [4.69, 9.17) is 9.79 Å². The molecule has 2 heterocycles. The van der Waals surface area contributed by atoms with Crippen LogP contribution in [0, 0.1) is 0 Å². The SMILES string of the molecule is O=c1[nH]cnc2c(Sc3ccccc3CP(=O)(O)O)c[nH]c12. The molecule has 0 bridgehead atoms. The molecule has 9 heteroatoms. The standard InChI is InChI=1S/C13H12N3O4PS/c17-13-12-11(15-7-16-13)10(5-14-12)22-9-4-2-1-3-8(9)6-21(18,19)20/h1-5,7,14H,6H2,(H,15,16,17)(H2,18,19,20). The van der Waals surface area contributed by atoms with Gasteiger partial charge in [0.15, 0.2) is 0 Å². The van der Waals surface area contributed by atoms with E-state index in [-0.39, 0.29) is 11.7 Å². The summed E-state index contributed by atoms with van der Waals surface area (Å²) in [5.41, 5.74) is 1.19. The van der Waals surface area contributed by atoms with Crippen LogP contribution in [-0.4, -0.2) is 24.7 Å². The molecule has 3 rings (SSSR count). The summed E-state index contributed by atoms with van der Waals surface area (Å²) in [4.78, 5) is 40.9. The van der Waals surface area contributed by atoms with Crippen LogP contribution in [0.2, 0.25) is 0 Å². The lowest BCUT2D eigenvalue weighted by Gasteiger charge is -2.09. The number of rotatable bonds is 4. The van der Waals surface area contributed by atoms with Crippen molar-refractivity contribution < 1.29 is 14.4 Å². The zero-order chi connectivity index (χ0) is 15.7. The highest BCUT2D eigenvalue weighted by Crippen LogP contribution is 2.43. The lowest BCUT2D eigenvalue weighted by molar-refractivity contribution is 0.371. The van der Waals surface area contributed by atoms with Crippen LogP contribution in [0.25, 0.3) is 11.0 Å². The van der Waals surface area contributed by atoms with Gasteiger partial charge in [-0.05, 0) is 11.6 Å². The molecule has 0 unspecified atom stereocenters. The first-order valence-corrected chi connectivity index (χ1v) is 8.90. The molecule has 0 radical (unpaired) electrons. The van der Waals surface area contributed by atoms with Gasteiger partial charge in [0, 0.05) is 11.1 Å². The molecule has 2 aromatic heterocycles. The van der Waals surface area contributed by atoms with Gasteiger partial charge >= 0.3 is 7.60 Å². The van der Waals surface area contributed by atoms with Gasteiger partial charge < -0.3 is 19.8 Å². The Hall–Kier alpha value is -1.86. The summed E-state index contributed by atoms with van der Waals surface area (Å²) < 4.78 is 11.2. The van der Waals surface area contributed by atoms with E-state index in [9.17, 15) is 9.36 Å². The molecule has 0 atom stereocenters. The molecule has 3 aromatic rings. The Balaban J connectivity index is 2.01. The first-order valence-electron chi connectivity index (χ1n) is 6.29. The van der Waals surface area contributed by atoms with Crippen molar-refractivity contribution in [2.24, 2.45) is 0 Å². The monoisotopic (exact) mass is 337 g/mol. The molecule has 0 saturated heterocycles. The second-order valence-electron chi connectivity index (χ2n) is 4.64. The molecule has 1 aromatic carbocycles. The van der Waals surface area contributed by atoms with Gasteiger partial charge in [0.2, 0.25) is 0 Å². The Kier molecular flexibility index (Phi) is 3.92. The highest BCUT2D eigenvalue weighted by Gasteiger charge is 2.18. The van der Waals surface area contributed by atoms with Gasteiger partial charge in [-0.3, -0.25) is 9.36 Å². The maximum atomic E-state index is 11.7. The number of aromatic nitrogens is 3. The van der Waals surface area contributed by atoms with E-state index < -0.39 is 7.60 Å². The normalized spacial score (nSPS) is 11.9. The van der Waals surface area contributed by atoms with Gasteiger partial charge in [-0.25, -0.2) is 4.98 Å². The Labute approximate surface area is 129 Å². The van der Waals surface area contributed by atoms with Crippen molar-refractivity contribution in [3.05, 3.63) is 52.7 Å². The van der Waals surface area contributed by atoms with Crippen molar-refractivity contribution in [2.45, 2.75) is 16.0 Å². The van der Waals surface area contributed by atoms with E-state index in [1.165, 1.54) is 18.1 Å². The molecular formula is C13H12N3O4PS. The average molecular weight is 337 g/mol. The van der Waals surface area contributed by atoms with E-state index in [1.54, 1.807) is 30.5 Å². The first kappa shape index (κ1) is 15.1. The number of hydrogen-bond donors (Lipinski definition) is 4. The van der Waals surface area contributed by atoms with Crippen molar-refractivity contribution in [2.75, 3.05) is 0 Å². The van der Waals surface area contributed by atoms with Crippen molar-refractivity contribution in [3.63, 3.8) is 0 Å². The van der Waals surface area contributed by atoms with Crippen LogP contribution in [0.5, 0.6) is 0 Å². The minimum atomic E-state index is -4.15. The van der Waals surface area contributed by atoms with E-state index in [1.807, 2.05) is 0 Å². The molecule has 0 aliphatic rings. The number of hydrogen-bond acceptors (Lipinski definition) is 4. The molecule has 0 amide bonds. The number of benzene rings is 1. The second-order valence-corrected chi connectivity index (χ2v) is 7.37. The third-order valence-electron chi connectivity index (χ3n) is 3.00. The highest BCUT2D eigenvalue weighted by molar-refractivity contribution is 7.99. The highest BCUT2D eigenvalue weighted by atomic mass is 32.2. The van der Waals surface area contributed by atoms with Crippen molar-refractivity contribution in [1.29, 1.82) is 0 Å². The number of H-pyrrole nitrogens is 2. The molecule has 0 aliphatic heterocycles. The van der Waals surface area contributed by atoms with Crippen molar-refractivity contribution in [3.8, 4) is 0 Å². The summed E-state index contributed by atoms with van der Waals surface area (Å²) in [5.74, 6) is 0. The predicted molar refractivity (Wildman–Crippen MR) is 83.0 cm³/mol. The Morgan fingerprint density at radius 3 is 2.73 bits per heavy atom. The van der Waals surface area contributed by atoms with Crippen molar-refractivity contribution >= 4 is 30.4 Å². The molecule has 7 nitrogen and oxygen atoms in total. The summed E-state index contributed by atoms with van der Waals surface area (Å²) in [6.07, 6.45) is 2.66. The van der Waals surface area contributed by atoms with E-state index in [0.29, 0.717) is 21.5 Å². The molecule has 22 heavy (non-hydrogen) atoms. The minimum Gasteiger partial charge on any atom is -0.354 e. The van der Waals surface area contributed by atoms with Gasteiger partial charge in [-0.15, -0.1) is 0 Å². The quantitative estimate of drug-likeness (QED) is 0.541. The van der Waals surface area contributed by atoms with Crippen LogP contribution < -0.4 is 5.56 Å². The minimum absolute atomic E-state index is 0.264. The Morgan fingerprint density at radius 1 is 1.18 bits per heavy atom. The topological polar surface area (TPSA) is 119 Å². The number of aromatic amines is 2. The fraction of sp³-hybridized carbons (Fsp3) is 0.0769. The maximum absolute atomic E-state index is 11.7. The molecule has 4 N–H and O–H groups in total. The zero-order valence-electron chi connectivity index (χ0n) is 11.2. The van der Waals surface area contributed by atoms with Crippen LogP contribution in [0.15, 0.2) is 51.4 Å².